The van der Waals surface area contributed by atoms with Gasteiger partial charge in [0.2, 0.25) is 0 Å². The predicted octanol–water partition coefficient (Wildman–Crippen LogP) is 2.37. The van der Waals surface area contributed by atoms with E-state index in [1.807, 2.05) is 13.0 Å². The molecule has 0 unspecified atom stereocenters. The number of hydrogen-bond acceptors (Lipinski definition) is 5. The molecular formula is C15H17N5O3. The lowest BCUT2D eigenvalue weighted by Crippen LogP contribution is -2.31. The Hall–Kier alpha value is -3.03. The van der Waals surface area contributed by atoms with Crippen molar-refractivity contribution in [3.63, 3.8) is 0 Å². The SMILES string of the molecule is Cc1cnccc1CCNC(=O)Nc1c(C)cncc1[N+](=O)[O-]. The van der Waals surface area contributed by atoms with E-state index in [-0.39, 0.29) is 11.4 Å². The summed E-state index contributed by atoms with van der Waals surface area (Å²) in [5.41, 5.74) is 2.59. The molecule has 0 saturated heterocycles. The average Bonchev–Trinajstić information content (AvgIpc) is 2.51. The van der Waals surface area contributed by atoms with Crippen LogP contribution in [-0.2, 0) is 6.42 Å². The van der Waals surface area contributed by atoms with Crippen LogP contribution in [0.15, 0.2) is 30.9 Å². The van der Waals surface area contributed by atoms with E-state index >= 15 is 0 Å². The quantitative estimate of drug-likeness (QED) is 0.650. The molecular weight excluding hydrogens is 298 g/mol. The molecule has 0 fully saturated rings. The highest BCUT2D eigenvalue weighted by atomic mass is 16.6. The van der Waals surface area contributed by atoms with Crippen LogP contribution in [0.25, 0.3) is 0 Å². The zero-order chi connectivity index (χ0) is 16.8. The first-order chi connectivity index (χ1) is 11.0. The summed E-state index contributed by atoms with van der Waals surface area (Å²) in [4.78, 5) is 30.1. The van der Waals surface area contributed by atoms with Gasteiger partial charge >= 0.3 is 11.7 Å². The van der Waals surface area contributed by atoms with Crippen molar-refractivity contribution >= 4 is 17.4 Å². The first kappa shape index (κ1) is 16.3. The molecule has 0 radical (unpaired) electrons. The Morgan fingerprint density at radius 1 is 1.22 bits per heavy atom. The van der Waals surface area contributed by atoms with E-state index in [0.29, 0.717) is 18.5 Å². The number of nitrogens with zero attached hydrogens (tertiary/aromatic N) is 3. The molecule has 2 N–H and O–H groups in total. The minimum atomic E-state index is -0.573. The molecule has 8 nitrogen and oxygen atoms in total. The Balaban J connectivity index is 1.96. The van der Waals surface area contributed by atoms with Gasteiger partial charge in [-0.2, -0.15) is 0 Å². The first-order valence-corrected chi connectivity index (χ1v) is 7.02. The van der Waals surface area contributed by atoms with Crippen molar-refractivity contribution in [1.29, 1.82) is 0 Å². The fourth-order valence-electron chi connectivity index (χ4n) is 2.10. The number of rotatable bonds is 5. The van der Waals surface area contributed by atoms with E-state index in [0.717, 1.165) is 17.3 Å². The number of carbonyl (C=O) groups excluding carboxylic acids is 1. The van der Waals surface area contributed by atoms with Gasteiger partial charge in [-0.25, -0.2) is 4.79 Å². The zero-order valence-electron chi connectivity index (χ0n) is 12.9. The average molecular weight is 315 g/mol. The van der Waals surface area contributed by atoms with E-state index in [4.69, 9.17) is 0 Å². The van der Waals surface area contributed by atoms with Crippen LogP contribution in [0.2, 0.25) is 0 Å². The summed E-state index contributed by atoms with van der Waals surface area (Å²) in [6.45, 7) is 4.01. The maximum atomic E-state index is 11.9. The number of urea groups is 1. The Morgan fingerprint density at radius 3 is 2.65 bits per heavy atom. The van der Waals surface area contributed by atoms with Gasteiger partial charge in [0.15, 0.2) is 0 Å². The van der Waals surface area contributed by atoms with Gasteiger partial charge in [0.05, 0.1) is 4.92 Å². The van der Waals surface area contributed by atoms with Gasteiger partial charge in [-0.3, -0.25) is 20.1 Å². The fraction of sp³-hybridized carbons (Fsp3) is 0.267. The molecule has 2 aromatic rings. The number of pyridine rings is 2. The number of aromatic nitrogens is 2. The molecule has 2 heterocycles. The largest absolute Gasteiger partial charge is 0.338 e. The minimum Gasteiger partial charge on any atom is -0.338 e. The molecule has 0 spiro atoms. The third-order valence-electron chi connectivity index (χ3n) is 3.37. The number of amides is 2. The predicted molar refractivity (Wildman–Crippen MR) is 85.3 cm³/mol. The van der Waals surface area contributed by atoms with E-state index in [1.165, 1.54) is 6.20 Å². The monoisotopic (exact) mass is 315 g/mol. The van der Waals surface area contributed by atoms with Crippen LogP contribution in [0.5, 0.6) is 0 Å². The lowest BCUT2D eigenvalue weighted by atomic mass is 10.1. The van der Waals surface area contributed by atoms with Crippen molar-refractivity contribution in [2.75, 3.05) is 11.9 Å². The van der Waals surface area contributed by atoms with Gasteiger partial charge < -0.3 is 10.6 Å². The highest BCUT2D eigenvalue weighted by molar-refractivity contribution is 5.92. The van der Waals surface area contributed by atoms with Gasteiger partial charge in [0.25, 0.3) is 0 Å². The molecule has 8 heteroatoms. The van der Waals surface area contributed by atoms with Crippen molar-refractivity contribution < 1.29 is 9.72 Å². The lowest BCUT2D eigenvalue weighted by molar-refractivity contribution is -0.384. The first-order valence-electron chi connectivity index (χ1n) is 7.02. The topological polar surface area (TPSA) is 110 Å². The van der Waals surface area contributed by atoms with Crippen molar-refractivity contribution in [3.8, 4) is 0 Å². The normalized spacial score (nSPS) is 10.2. The second-order valence-corrected chi connectivity index (χ2v) is 5.04. The highest BCUT2D eigenvalue weighted by Gasteiger charge is 2.18. The second-order valence-electron chi connectivity index (χ2n) is 5.04. The minimum absolute atomic E-state index is 0.155. The maximum Gasteiger partial charge on any atom is 0.319 e. The molecule has 23 heavy (non-hydrogen) atoms. The summed E-state index contributed by atoms with van der Waals surface area (Å²) in [6.07, 6.45) is 6.69. The van der Waals surface area contributed by atoms with Crippen molar-refractivity contribution in [2.24, 2.45) is 0 Å². The van der Waals surface area contributed by atoms with Crippen LogP contribution in [0.3, 0.4) is 0 Å². The maximum absolute atomic E-state index is 11.9. The molecule has 0 aliphatic heterocycles. The molecule has 2 rings (SSSR count). The standard InChI is InChI=1S/C15H17N5O3/c1-10-7-16-5-3-12(10)4-6-18-15(21)19-14-11(2)8-17-9-13(14)20(22)23/h3,5,7-9H,4,6H2,1-2H3,(H2,17,18,19,21). The molecule has 2 aromatic heterocycles. The van der Waals surface area contributed by atoms with Crippen LogP contribution >= 0.6 is 0 Å². The number of hydrogen-bond donors (Lipinski definition) is 2. The Labute approximate surface area is 133 Å². The summed E-state index contributed by atoms with van der Waals surface area (Å²) in [6, 6.07) is 1.40. The van der Waals surface area contributed by atoms with Crippen molar-refractivity contribution in [1.82, 2.24) is 15.3 Å². The molecule has 0 saturated carbocycles. The molecule has 0 bridgehead atoms. The molecule has 0 aliphatic rings. The molecule has 0 aromatic carbocycles. The number of carbonyl (C=O) groups is 1. The van der Waals surface area contributed by atoms with Gasteiger partial charge in [0, 0.05) is 25.1 Å². The molecule has 2 amide bonds. The van der Waals surface area contributed by atoms with E-state index in [9.17, 15) is 14.9 Å². The summed E-state index contributed by atoms with van der Waals surface area (Å²) in [5.74, 6) is 0. The van der Waals surface area contributed by atoms with Crippen molar-refractivity contribution in [2.45, 2.75) is 20.3 Å². The Bertz CT molecular complexity index is 733. The highest BCUT2D eigenvalue weighted by Crippen LogP contribution is 2.26. The Kier molecular flexibility index (Phi) is 5.19. The van der Waals surface area contributed by atoms with E-state index in [1.54, 1.807) is 19.3 Å². The Morgan fingerprint density at radius 2 is 1.96 bits per heavy atom. The van der Waals surface area contributed by atoms with Gasteiger partial charge in [0.1, 0.15) is 11.9 Å². The third kappa shape index (κ3) is 4.22. The number of nitro groups is 1. The second kappa shape index (κ2) is 7.30. The lowest BCUT2D eigenvalue weighted by Gasteiger charge is -2.10. The zero-order valence-corrected chi connectivity index (χ0v) is 12.9. The van der Waals surface area contributed by atoms with Crippen LogP contribution in [0, 0.1) is 24.0 Å². The van der Waals surface area contributed by atoms with Gasteiger partial charge in [-0.05, 0) is 43.0 Å². The van der Waals surface area contributed by atoms with Crippen LogP contribution in [-0.4, -0.2) is 27.5 Å². The van der Waals surface area contributed by atoms with Crippen molar-refractivity contribution in [3.05, 3.63) is 57.7 Å². The summed E-state index contributed by atoms with van der Waals surface area (Å²) >= 11 is 0. The molecule has 0 aliphatic carbocycles. The smallest absolute Gasteiger partial charge is 0.319 e. The fourth-order valence-corrected chi connectivity index (χ4v) is 2.10. The van der Waals surface area contributed by atoms with Crippen LogP contribution < -0.4 is 10.6 Å². The summed E-state index contributed by atoms with van der Waals surface area (Å²) < 4.78 is 0. The third-order valence-corrected chi connectivity index (χ3v) is 3.37. The van der Waals surface area contributed by atoms with Crippen LogP contribution in [0.4, 0.5) is 16.2 Å². The van der Waals surface area contributed by atoms with Gasteiger partial charge in [-0.1, -0.05) is 0 Å². The van der Waals surface area contributed by atoms with Crippen LogP contribution in [0.1, 0.15) is 16.7 Å². The summed E-state index contributed by atoms with van der Waals surface area (Å²) in [5, 5.41) is 16.2. The van der Waals surface area contributed by atoms with E-state index in [2.05, 4.69) is 20.6 Å². The molecule has 120 valence electrons. The molecule has 0 atom stereocenters. The van der Waals surface area contributed by atoms with E-state index < -0.39 is 11.0 Å². The number of aryl methyl sites for hydroxylation is 2. The van der Waals surface area contributed by atoms with Gasteiger partial charge in [-0.15, -0.1) is 0 Å². The summed E-state index contributed by atoms with van der Waals surface area (Å²) in [7, 11) is 0. The number of nitrogens with one attached hydrogen (secondary N) is 2. The number of anilines is 1.